The zero-order valence-electron chi connectivity index (χ0n) is 15.1. The molecule has 136 valence electrons. The lowest BCUT2D eigenvalue weighted by atomic mass is 9.94. The predicted molar refractivity (Wildman–Crippen MR) is 109 cm³/mol. The first kappa shape index (κ1) is 16.5. The highest BCUT2D eigenvalue weighted by Gasteiger charge is 2.33. The molecular weight excluding hydrogens is 350 g/mol. The zero-order valence-corrected chi connectivity index (χ0v) is 15.1. The van der Waals surface area contributed by atoms with Crippen molar-refractivity contribution in [2.75, 3.05) is 11.5 Å². The Kier molecular flexibility index (Phi) is 3.83. The van der Waals surface area contributed by atoms with E-state index in [0.717, 1.165) is 22.8 Å². The van der Waals surface area contributed by atoms with E-state index in [2.05, 4.69) is 18.2 Å². The molecular formula is C24H17NO3. The lowest BCUT2D eigenvalue weighted by Gasteiger charge is -2.27. The van der Waals surface area contributed by atoms with Gasteiger partial charge in [-0.15, -0.1) is 0 Å². The maximum absolute atomic E-state index is 13.1. The zero-order chi connectivity index (χ0) is 19.1. The first-order valence-electron chi connectivity index (χ1n) is 9.21. The van der Waals surface area contributed by atoms with Gasteiger partial charge in [-0.2, -0.15) is 0 Å². The fourth-order valence-corrected chi connectivity index (χ4v) is 3.74. The molecule has 0 spiro atoms. The van der Waals surface area contributed by atoms with Gasteiger partial charge in [-0.3, -0.25) is 9.59 Å². The monoisotopic (exact) mass is 367 g/mol. The van der Waals surface area contributed by atoms with Gasteiger partial charge in [0.15, 0.2) is 0 Å². The molecule has 28 heavy (non-hydrogen) atoms. The highest BCUT2D eigenvalue weighted by Crippen LogP contribution is 2.33. The minimum atomic E-state index is -0.302. The Morgan fingerprint density at radius 1 is 0.857 bits per heavy atom. The van der Waals surface area contributed by atoms with Crippen LogP contribution in [-0.2, 0) is 0 Å². The number of hydrogen-bond donors (Lipinski definition) is 0. The van der Waals surface area contributed by atoms with Crippen LogP contribution in [0.25, 0.3) is 10.8 Å². The first-order valence-corrected chi connectivity index (χ1v) is 9.21. The molecule has 0 aromatic heterocycles. The van der Waals surface area contributed by atoms with Gasteiger partial charge in [0.1, 0.15) is 12.4 Å². The molecule has 0 atom stereocenters. The molecule has 1 heterocycles. The van der Waals surface area contributed by atoms with Gasteiger partial charge >= 0.3 is 0 Å². The second-order valence-electron chi connectivity index (χ2n) is 6.85. The molecule has 4 nitrogen and oxygen atoms in total. The van der Waals surface area contributed by atoms with Gasteiger partial charge in [-0.25, -0.2) is 4.90 Å². The van der Waals surface area contributed by atoms with E-state index in [1.807, 2.05) is 24.3 Å². The third-order valence-corrected chi connectivity index (χ3v) is 5.12. The molecule has 1 aliphatic carbocycles. The molecule has 3 aromatic rings. The van der Waals surface area contributed by atoms with Crippen LogP contribution in [0, 0.1) is 0 Å². The Morgan fingerprint density at radius 3 is 2.14 bits per heavy atom. The SMILES string of the molecule is O=C1c2cccc3cccc(c23)C(=O)N1c1ccc(OCC2=CCC=C2)cc1. The van der Waals surface area contributed by atoms with E-state index in [0.29, 0.717) is 29.2 Å². The number of rotatable bonds is 4. The van der Waals surface area contributed by atoms with Crippen LogP contribution in [-0.4, -0.2) is 18.4 Å². The van der Waals surface area contributed by atoms with Crippen LogP contribution in [0.1, 0.15) is 27.1 Å². The van der Waals surface area contributed by atoms with Gasteiger partial charge in [0, 0.05) is 16.5 Å². The summed E-state index contributed by atoms with van der Waals surface area (Å²) in [6, 6.07) is 18.1. The number of imide groups is 1. The number of hydrogen-bond acceptors (Lipinski definition) is 3. The Morgan fingerprint density at radius 2 is 1.54 bits per heavy atom. The fraction of sp³-hybridized carbons (Fsp3) is 0.0833. The van der Waals surface area contributed by atoms with Crippen molar-refractivity contribution in [1.29, 1.82) is 0 Å². The van der Waals surface area contributed by atoms with E-state index in [-0.39, 0.29) is 11.8 Å². The molecule has 0 saturated heterocycles. The van der Waals surface area contributed by atoms with Crippen molar-refractivity contribution < 1.29 is 14.3 Å². The van der Waals surface area contributed by atoms with Gasteiger partial charge in [0.25, 0.3) is 11.8 Å². The van der Waals surface area contributed by atoms with Crippen LogP contribution in [0.3, 0.4) is 0 Å². The lowest BCUT2D eigenvalue weighted by Crippen LogP contribution is -2.40. The Hall–Kier alpha value is -3.66. The van der Waals surface area contributed by atoms with Crippen molar-refractivity contribution in [1.82, 2.24) is 0 Å². The summed E-state index contributed by atoms with van der Waals surface area (Å²) >= 11 is 0. The third kappa shape index (κ3) is 2.62. The van der Waals surface area contributed by atoms with Crippen molar-refractivity contribution in [3.8, 4) is 5.75 Å². The molecule has 1 aliphatic heterocycles. The third-order valence-electron chi connectivity index (χ3n) is 5.12. The van der Waals surface area contributed by atoms with Crippen molar-refractivity contribution >= 4 is 28.3 Å². The topological polar surface area (TPSA) is 46.6 Å². The number of amides is 2. The van der Waals surface area contributed by atoms with Crippen LogP contribution >= 0.6 is 0 Å². The summed E-state index contributed by atoms with van der Waals surface area (Å²) in [4.78, 5) is 27.4. The highest BCUT2D eigenvalue weighted by atomic mass is 16.5. The van der Waals surface area contributed by atoms with Gasteiger partial charge in [0.05, 0.1) is 5.69 Å². The van der Waals surface area contributed by atoms with Crippen molar-refractivity contribution in [3.63, 3.8) is 0 Å². The van der Waals surface area contributed by atoms with Crippen LogP contribution in [0.2, 0.25) is 0 Å². The van der Waals surface area contributed by atoms with Crippen LogP contribution in [0.4, 0.5) is 5.69 Å². The normalized spacial score (nSPS) is 15.3. The van der Waals surface area contributed by atoms with Crippen LogP contribution in [0.15, 0.2) is 84.5 Å². The molecule has 3 aromatic carbocycles. The van der Waals surface area contributed by atoms with Crippen molar-refractivity contribution in [2.24, 2.45) is 0 Å². The minimum absolute atomic E-state index is 0.302. The molecule has 0 fully saturated rings. The molecule has 2 aliphatic rings. The molecule has 0 saturated carbocycles. The second kappa shape index (κ2) is 6.50. The predicted octanol–water partition coefficient (Wildman–Crippen LogP) is 4.91. The van der Waals surface area contributed by atoms with E-state index in [4.69, 9.17) is 4.74 Å². The quantitative estimate of drug-likeness (QED) is 0.616. The Bertz CT molecular complexity index is 1120. The molecule has 2 amide bonds. The summed E-state index contributed by atoms with van der Waals surface area (Å²) in [6.45, 7) is 0.507. The number of carbonyl (C=O) groups excluding carboxylic acids is 2. The van der Waals surface area contributed by atoms with Gasteiger partial charge in [-0.1, -0.05) is 42.5 Å². The van der Waals surface area contributed by atoms with Gasteiger partial charge in [0.2, 0.25) is 0 Å². The summed E-state index contributed by atoms with van der Waals surface area (Å²) in [7, 11) is 0. The molecule has 0 unspecified atom stereocenters. The van der Waals surface area contributed by atoms with E-state index in [1.165, 1.54) is 4.90 Å². The number of benzene rings is 3. The number of allylic oxidation sites excluding steroid dienone is 2. The van der Waals surface area contributed by atoms with Gasteiger partial charge in [-0.05, 0) is 53.8 Å². The second-order valence-corrected chi connectivity index (χ2v) is 6.85. The van der Waals surface area contributed by atoms with E-state index in [9.17, 15) is 9.59 Å². The number of ether oxygens (including phenoxy) is 1. The van der Waals surface area contributed by atoms with E-state index in [1.54, 1.807) is 36.4 Å². The first-order chi connectivity index (χ1) is 13.7. The number of nitrogens with zero attached hydrogens (tertiary/aromatic N) is 1. The van der Waals surface area contributed by atoms with Crippen LogP contribution < -0.4 is 9.64 Å². The largest absolute Gasteiger partial charge is 0.489 e. The molecule has 0 bridgehead atoms. The highest BCUT2D eigenvalue weighted by molar-refractivity contribution is 6.35. The lowest BCUT2D eigenvalue weighted by molar-refractivity contribution is 0.0893. The van der Waals surface area contributed by atoms with E-state index < -0.39 is 0 Å². The molecule has 4 heteroatoms. The number of carbonyl (C=O) groups is 2. The summed E-state index contributed by atoms with van der Waals surface area (Å²) < 4.78 is 5.78. The van der Waals surface area contributed by atoms with Crippen molar-refractivity contribution in [3.05, 3.63) is 95.6 Å². The Labute approximate surface area is 162 Å². The summed E-state index contributed by atoms with van der Waals surface area (Å²) in [5.74, 6) is 0.0952. The summed E-state index contributed by atoms with van der Waals surface area (Å²) in [5.41, 5.74) is 2.78. The average molecular weight is 367 g/mol. The maximum Gasteiger partial charge on any atom is 0.265 e. The molecule has 5 rings (SSSR count). The Balaban J connectivity index is 1.46. The number of anilines is 1. The van der Waals surface area contributed by atoms with Crippen molar-refractivity contribution in [2.45, 2.75) is 6.42 Å². The van der Waals surface area contributed by atoms with Gasteiger partial charge < -0.3 is 4.74 Å². The maximum atomic E-state index is 13.1. The minimum Gasteiger partial charge on any atom is -0.489 e. The summed E-state index contributed by atoms with van der Waals surface area (Å²) in [6.07, 6.45) is 7.22. The molecule has 0 radical (unpaired) electrons. The summed E-state index contributed by atoms with van der Waals surface area (Å²) in [5, 5.41) is 1.63. The molecule has 0 N–H and O–H groups in total. The van der Waals surface area contributed by atoms with Crippen LogP contribution in [0.5, 0.6) is 5.75 Å². The van der Waals surface area contributed by atoms with E-state index >= 15 is 0 Å². The average Bonchev–Trinajstić information content (AvgIpc) is 3.25. The standard InChI is InChI=1S/C24H17NO3/c26-23-20-9-3-7-17-8-4-10-21(22(17)20)24(27)25(23)18-11-13-19(14-12-18)28-15-16-5-1-2-6-16/h1,3-14H,2,15H2. The fourth-order valence-electron chi connectivity index (χ4n) is 3.74. The smallest absolute Gasteiger partial charge is 0.265 e.